The standard InChI is InChI=1S/C14H22N2O3.ClH/c1-11(15)10-14(17)16(2)8-9-19-13-6-4-12(18-3)5-7-13;/h4-7,11H,8-10,15H2,1-3H3;1H. The van der Waals surface area contributed by atoms with E-state index in [1.807, 2.05) is 31.2 Å². The zero-order chi connectivity index (χ0) is 14.3. The quantitative estimate of drug-likeness (QED) is 0.832. The average molecular weight is 303 g/mol. The van der Waals surface area contributed by atoms with Gasteiger partial charge < -0.3 is 20.1 Å². The molecule has 0 saturated heterocycles. The lowest BCUT2D eigenvalue weighted by Crippen LogP contribution is -2.34. The fourth-order valence-electron chi connectivity index (χ4n) is 1.53. The second kappa shape index (κ2) is 9.44. The number of likely N-dealkylation sites (N-methyl/N-ethyl adjacent to an activating group) is 1. The van der Waals surface area contributed by atoms with E-state index in [4.69, 9.17) is 15.2 Å². The second-order valence-electron chi connectivity index (χ2n) is 4.52. The van der Waals surface area contributed by atoms with Crippen LogP contribution in [-0.2, 0) is 4.79 Å². The number of rotatable bonds is 7. The molecular weight excluding hydrogens is 280 g/mol. The van der Waals surface area contributed by atoms with Crippen molar-refractivity contribution in [3.63, 3.8) is 0 Å². The van der Waals surface area contributed by atoms with Gasteiger partial charge in [0.2, 0.25) is 5.91 Å². The van der Waals surface area contributed by atoms with Crippen LogP contribution < -0.4 is 15.2 Å². The highest BCUT2D eigenvalue weighted by Gasteiger charge is 2.10. The molecule has 1 aromatic rings. The Kier molecular flexibility index (Phi) is 8.76. The highest BCUT2D eigenvalue weighted by molar-refractivity contribution is 5.85. The third kappa shape index (κ3) is 6.63. The van der Waals surface area contributed by atoms with Crippen LogP contribution >= 0.6 is 12.4 Å². The van der Waals surface area contributed by atoms with Crippen LogP contribution in [0.4, 0.5) is 0 Å². The summed E-state index contributed by atoms with van der Waals surface area (Å²) < 4.78 is 10.6. The normalized spacial score (nSPS) is 11.2. The van der Waals surface area contributed by atoms with Crippen LogP contribution in [0, 0.1) is 0 Å². The molecule has 1 unspecified atom stereocenters. The number of hydrogen-bond donors (Lipinski definition) is 1. The number of nitrogens with two attached hydrogens (primary N) is 1. The smallest absolute Gasteiger partial charge is 0.223 e. The number of ether oxygens (including phenoxy) is 2. The van der Waals surface area contributed by atoms with Gasteiger partial charge in [0.15, 0.2) is 0 Å². The summed E-state index contributed by atoms with van der Waals surface area (Å²) in [6.07, 6.45) is 0.360. The van der Waals surface area contributed by atoms with Crippen molar-refractivity contribution in [3.8, 4) is 11.5 Å². The second-order valence-corrected chi connectivity index (χ2v) is 4.52. The average Bonchev–Trinajstić information content (AvgIpc) is 2.38. The fraction of sp³-hybridized carbons (Fsp3) is 0.500. The third-order valence-electron chi connectivity index (χ3n) is 2.68. The molecule has 0 aromatic heterocycles. The summed E-state index contributed by atoms with van der Waals surface area (Å²) in [5, 5.41) is 0. The Morgan fingerprint density at radius 3 is 2.35 bits per heavy atom. The van der Waals surface area contributed by atoms with Gasteiger partial charge in [-0.25, -0.2) is 0 Å². The summed E-state index contributed by atoms with van der Waals surface area (Å²) in [6, 6.07) is 7.23. The lowest BCUT2D eigenvalue weighted by Gasteiger charge is -2.18. The van der Waals surface area contributed by atoms with Crippen molar-refractivity contribution in [1.29, 1.82) is 0 Å². The van der Waals surface area contributed by atoms with Crippen molar-refractivity contribution >= 4 is 18.3 Å². The molecule has 1 amide bonds. The lowest BCUT2D eigenvalue weighted by atomic mass is 10.2. The first-order valence-corrected chi connectivity index (χ1v) is 6.29. The van der Waals surface area contributed by atoms with Gasteiger partial charge in [-0.1, -0.05) is 0 Å². The van der Waals surface area contributed by atoms with Crippen LogP contribution in [0.15, 0.2) is 24.3 Å². The van der Waals surface area contributed by atoms with Gasteiger partial charge in [-0.3, -0.25) is 4.79 Å². The number of nitrogens with zero attached hydrogens (tertiary/aromatic N) is 1. The van der Waals surface area contributed by atoms with Gasteiger partial charge in [-0.2, -0.15) is 0 Å². The van der Waals surface area contributed by atoms with E-state index in [-0.39, 0.29) is 24.4 Å². The number of carbonyl (C=O) groups excluding carboxylic acids is 1. The molecule has 20 heavy (non-hydrogen) atoms. The molecular formula is C14H23ClN2O3. The minimum atomic E-state index is -0.113. The maximum Gasteiger partial charge on any atom is 0.223 e. The van der Waals surface area contributed by atoms with Gasteiger partial charge in [0.25, 0.3) is 0 Å². The van der Waals surface area contributed by atoms with Crippen LogP contribution in [0.3, 0.4) is 0 Å². The molecule has 0 fully saturated rings. The minimum absolute atomic E-state index is 0. The van der Waals surface area contributed by atoms with Crippen molar-refractivity contribution in [2.75, 3.05) is 27.3 Å². The molecule has 1 rings (SSSR count). The van der Waals surface area contributed by atoms with E-state index in [0.29, 0.717) is 19.6 Å². The molecule has 1 aromatic carbocycles. The molecule has 0 saturated carbocycles. The van der Waals surface area contributed by atoms with Crippen LogP contribution in [-0.4, -0.2) is 44.2 Å². The molecule has 0 bridgehead atoms. The monoisotopic (exact) mass is 302 g/mol. The molecule has 0 aliphatic carbocycles. The third-order valence-corrected chi connectivity index (χ3v) is 2.68. The Morgan fingerprint density at radius 1 is 1.30 bits per heavy atom. The van der Waals surface area contributed by atoms with Crippen LogP contribution in [0.2, 0.25) is 0 Å². The van der Waals surface area contributed by atoms with Crippen molar-refractivity contribution < 1.29 is 14.3 Å². The summed E-state index contributed by atoms with van der Waals surface area (Å²) >= 11 is 0. The first-order valence-electron chi connectivity index (χ1n) is 6.29. The summed E-state index contributed by atoms with van der Waals surface area (Å²) in [4.78, 5) is 13.3. The van der Waals surface area contributed by atoms with Gasteiger partial charge >= 0.3 is 0 Å². The van der Waals surface area contributed by atoms with E-state index in [2.05, 4.69) is 0 Å². The van der Waals surface area contributed by atoms with E-state index in [1.54, 1.807) is 19.1 Å². The number of methoxy groups -OCH3 is 1. The molecule has 6 heteroatoms. The van der Waals surface area contributed by atoms with Gasteiger partial charge in [-0.15, -0.1) is 12.4 Å². The Bertz CT molecular complexity index is 396. The SMILES string of the molecule is COc1ccc(OCCN(C)C(=O)CC(C)N)cc1.Cl. The van der Waals surface area contributed by atoms with Gasteiger partial charge in [-0.05, 0) is 31.2 Å². The molecule has 5 nitrogen and oxygen atoms in total. The lowest BCUT2D eigenvalue weighted by molar-refractivity contribution is -0.130. The van der Waals surface area contributed by atoms with Gasteiger partial charge in [0.05, 0.1) is 13.7 Å². The number of carbonyl (C=O) groups is 1. The van der Waals surface area contributed by atoms with E-state index in [1.165, 1.54) is 0 Å². The predicted octanol–water partition coefficient (Wildman–Crippen LogP) is 1.69. The van der Waals surface area contributed by atoms with Crippen molar-refractivity contribution in [2.45, 2.75) is 19.4 Å². The maximum atomic E-state index is 11.7. The Morgan fingerprint density at radius 2 is 1.85 bits per heavy atom. The molecule has 2 N–H and O–H groups in total. The molecule has 0 aliphatic rings. The van der Waals surface area contributed by atoms with E-state index < -0.39 is 0 Å². The summed E-state index contributed by atoms with van der Waals surface area (Å²) in [5.74, 6) is 1.58. The summed E-state index contributed by atoms with van der Waals surface area (Å²) in [7, 11) is 3.37. The molecule has 0 aliphatic heterocycles. The molecule has 0 radical (unpaired) electrons. The summed E-state index contributed by atoms with van der Waals surface area (Å²) in [5.41, 5.74) is 5.59. The number of amides is 1. The Labute approximate surface area is 126 Å². The topological polar surface area (TPSA) is 64.8 Å². The zero-order valence-corrected chi connectivity index (χ0v) is 13.0. The van der Waals surface area contributed by atoms with Gasteiger partial charge in [0, 0.05) is 19.5 Å². The zero-order valence-electron chi connectivity index (χ0n) is 12.2. The Balaban J connectivity index is 0.00000361. The molecule has 0 spiro atoms. The molecule has 0 heterocycles. The largest absolute Gasteiger partial charge is 0.497 e. The van der Waals surface area contributed by atoms with Crippen LogP contribution in [0.5, 0.6) is 11.5 Å². The number of hydrogen-bond acceptors (Lipinski definition) is 4. The Hall–Kier alpha value is -1.46. The van der Waals surface area contributed by atoms with Crippen molar-refractivity contribution in [2.24, 2.45) is 5.73 Å². The van der Waals surface area contributed by atoms with Crippen molar-refractivity contribution in [1.82, 2.24) is 4.90 Å². The number of benzene rings is 1. The maximum absolute atomic E-state index is 11.7. The van der Waals surface area contributed by atoms with E-state index in [9.17, 15) is 4.79 Å². The summed E-state index contributed by atoms with van der Waals surface area (Å²) in [6.45, 7) is 2.81. The first kappa shape index (κ1) is 18.5. The minimum Gasteiger partial charge on any atom is -0.497 e. The van der Waals surface area contributed by atoms with E-state index >= 15 is 0 Å². The highest BCUT2D eigenvalue weighted by Crippen LogP contribution is 2.16. The molecule has 1 atom stereocenters. The van der Waals surface area contributed by atoms with Crippen LogP contribution in [0.1, 0.15) is 13.3 Å². The van der Waals surface area contributed by atoms with E-state index in [0.717, 1.165) is 11.5 Å². The number of halogens is 1. The molecule has 114 valence electrons. The fourth-order valence-corrected chi connectivity index (χ4v) is 1.53. The predicted molar refractivity (Wildman–Crippen MR) is 81.6 cm³/mol. The van der Waals surface area contributed by atoms with Crippen molar-refractivity contribution in [3.05, 3.63) is 24.3 Å². The van der Waals surface area contributed by atoms with Gasteiger partial charge in [0.1, 0.15) is 18.1 Å². The van der Waals surface area contributed by atoms with Crippen LogP contribution in [0.25, 0.3) is 0 Å². The first-order chi connectivity index (χ1) is 9.02. The highest BCUT2D eigenvalue weighted by atomic mass is 35.5.